The molecule has 0 atom stereocenters. The van der Waals surface area contributed by atoms with E-state index in [1.807, 2.05) is 0 Å². The molecule has 0 radical (unpaired) electrons. The maximum Gasteiger partial charge on any atom is 0.266 e. The van der Waals surface area contributed by atoms with Crippen molar-refractivity contribution in [3.05, 3.63) is 68.8 Å². The van der Waals surface area contributed by atoms with Gasteiger partial charge in [0.2, 0.25) is 0 Å². The van der Waals surface area contributed by atoms with E-state index >= 15 is 0 Å². The van der Waals surface area contributed by atoms with Crippen LogP contribution >= 0.6 is 11.6 Å². The molecule has 20 heavy (non-hydrogen) atoms. The zero-order valence-corrected chi connectivity index (χ0v) is 11.2. The SMILES string of the molecule is O=C(NCCc1ccc(F)cc1)c1c[nH]c(=O)c(Cl)c1. The van der Waals surface area contributed by atoms with Gasteiger partial charge in [-0.1, -0.05) is 23.7 Å². The first-order valence-corrected chi connectivity index (χ1v) is 6.35. The van der Waals surface area contributed by atoms with E-state index in [1.165, 1.54) is 24.4 Å². The molecule has 0 aliphatic heterocycles. The van der Waals surface area contributed by atoms with Crippen molar-refractivity contribution in [2.24, 2.45) is 0 Å². The predicted molar refractivity (Wildman–Crippen MR) is 74.5 cm³/mol. The van der Waals surface area contributed by atoms with Crippen LogP contribution in [0.25, 0.3) is 0 Å². The first kappa shape index (κ1) is 14.3. The van der Waals surface area contributed by atoms with E-state index < -0.39 is 5.56 Å². The molecule has 104 valence electrons. The second-order valence-corrected chi connectivity index (χ2v) is 4.60. The molecule has 0 spiro atoms. The third-order valence-electron chi connectivity index (χ3n) is 2.73. The number of benzene rings is 1. The Morgan fingerprint density at radius 2 is 2.00 bits per heavy atom. The van der Waals surface area contributed by atoms with Crippen molar-refractivity contribution < 1.29 is 9.18 Å². The number of nitrogens with one attached hydrogen (secondary N) is 2. The van der Waals surface area contributed by atoms with E-state index in [1.54, 1.807) is 12.1 Å². The third-order valence-corrected chi connectivity index (χ3v) is 3.01. The van der Waals surface area contributed by atoms with Crippen LogP contribution < -0.4 is 10.9 Å². The molecule has 0 bridgehead atoms. The minimum Gasteiger partial charge on any atom is -0.352 e. The molecule has 1 aromatic carbocycles. The van der Waals surface area contributed by atoms with Gasteiger partial charge in [-0.3, -0.25) is 9.59 Å². The van der Waals surface area contributed by atoms with Gasteiger partial charge in [-0.25, -0.2) is 4.39 Å². The second-order valence-electron chi connectivity index (χ2n) is 4.20. The first-order chi connectivity index (χ1) is 9.56. The van der Waals surface area contributed by atoms with Gasteiger partial charge in [0.25, 0.3) is 11.5 Å². The van der Waals surface area contributed by atoms with Gasteiger partial charge >= 0.3 is 0 Å². The van der Waals surface area contributed by atoms with Crippen LogP contribution in [0.1, 0.15) is 15.9 Å². The summed E-state index contributed by atoms with van der Waals surface area (Å²) in [5, 5.41) is 2.66. The summed E-state index contributed by atoms with van der Waals surface area (Å²) in [6, 6.07) is 7.39. The number of carbonyl (C=O) groups is 1. The van der Waals surface area contributed by atoms with Crippen molar-refractivity contribution in [3.63, 3.8) is 0 Å². The van der Waals surface area contributed by atoms with Gasteiger partial charge in [-0.05, 0) is 30.2 Å². The Labute approximate surface area is 119 Å². The van der Waals surface area contributed by atoms with Crippen LogP contribution in [0.5, 0.6) is 0 Å². The van der Waals surface area contributed by atoms with Crippen LogP contribution in [0.4, 0.5) is 4.39 Å². The maximum absolute atomic E-state index is 12.7. The number of hydrogen-bond acceptors (Lipinski definition) is 2. The lowest BCUT2D eigenvalue weighted by Crippen LogP contribution is -2.26. The number of hydrogen-bond donors (Lipinski definition) is 2. The van der Waals surface area contributed by atoms with E-state index in [0.717, 1.165) is 5.56 Å². The Hall–Kier alpha value is -2.14. The summed E-state index contributed by atoms with van der Waals surface area (Å²) in [5.41, 5.74) is 0.773. The van der Waals surface area contributed by atoms with E-state index in [-0.39, 0.29) is 22.3 Å². The highest BCUT2D eigenvalue weighted by atomic mass is 35.5. The lowest BCUT2D eigenvalue weighted by atomic mass is 10.1. The molecule has 1 heterocycles. The summed E-state index contributed by atoms with van der Waals surface area (Å²) < 4.78 is 12.7. The smallest absolute Gasteiger partial charge is 0.266 e. The molecule has 2 N–H and O–H groups in total. The van der Waals surface area contributed by atoms with Gasteiger partial charge in [0.15, 0.2) is 0 Å². The number of H-pyrrole nitrogens is 1. The lowest BCUT2D eigenvalue weighted by molar-refractivity contribution is 0.0953. The summed E-state index contributed by atoms with van der Waals surface area (Å²) >= 11 is 5.64. The topological polar surface area (TPSA) is 62.0 Å². The van der Waals surface area contributed by atoms with Crippen LogP contribution in [0.15, 0.2) is 41.3 Å². The molecule has 0 aliphatic rings. The van der Waals surface area contributed by atoms with E-state index in [9.17, 15) is 14.0 Å². The van der Waals surface area contributed by atoms with Crippen LogP contribution in [-0.4, -0.2) is 17.4 Å². The summed E-state index contributed by atoms with van der Waals surface area (Å²) in [6.45, 7) is 0.404. The molecule has 2 aromatic rings. The fraction of sp³-hybridized carbons (Fsp3) is 0.143. The van der Waals surface area contributed by atoms with Crippen molar-refractivity contribution >= 4 is 17.5 Å². The van der Waals surface area contributed by atoms with E-state index in [4.69, 9.17) is 11.6 Å². The van der Waals surface area contributed by atoms with Crippen LogP contribution in [-0.2, 0) is 6.42 Å². The second kappa shape index (κ2) is 6.34. The number of aromatic nitrogens is 1. The predicted octanol–water partition coefficient (Wildman–Crippen LogP) is 2.14. The molecule has 0 aliphatic carbocycles. The quantitative estimate of drug-likeness (QED) is 0.907. The van der Waals surface area contributed by atoms with Crippen LogP contribution in [0.3, 0.4) is 0 Å². The average molecular weight is 295 g/mol. The van der Waals surface area contributed by atoms with E-state index in [0.29, 0.717) is 13.0 Å². The first-order valence-electron chi connectivity index (χ1n) is 5.97. The number of pyridine rings is 1. The molecule has 4 nitrogen and oxygen atoms in total. The largest absolute Gasteiger partial charge is 0.352 e. The summed E-state index contributed by atoms with van der Waals surface area (Å²) in [5.74, 6) is -0.620. The maximum atomic E-state index is 12.7. The van der Waals surface area contributed by atoms with Gasteiger partial charge in [0.05, 0.1) is 5.56 Å². The Kier molecular flexibility index (Phi) is 4.53. The van der Waals surface area contributed by atoms with E-state index in [2.05, 4.69) is 10.3 Å². The van der Waals surface area contributed by atoms with Gasteiger partial charge in [0, 0.05) is 12.7 Å². The highest BCUT2D eigenvalue weighted by Gasteiger charge is 2.07. The average Bonchev–Trinajstić information content (AvgIpc) is 2.44. The molecule has 0 unspecified atom stereocenters. The molecule has 6 heteroatoms. The minimum absolute atomic E-state index is 0.0313. The van der Waals surface area contributed by atoms with Crippen molar-refractivity contribution in [1.29, 1.82) is 0 Å². The summed E-state index contributed by atoms with van der Waals surface area (Å²) in [6.07, 6.45) is 1.89. The fourth-order valence-corrected chi connectivity index (χ4v) is 1.83. The van der Waals surface area contributed by atoms with Gasteiger partial charge in [-0.2, -0.15) is 0 Å². The Morgan fingerprint density at radius 1 is 1.30 bits per heavy atom. The highest BCUT2D eigenvalue weighted by molar-refractivity contribution is 6.30. The third kappa shape index (κ3) is 3.68. The minimum atomic E-state index is -0.436. The number of halogens is 2. The monoisotopic (exact) mass is 294 g/mol. The summed E-state index contributed by atoms with van der Waals surface area (Å²) in [4.78, 5) is 25.2. The summed E-state index contributed by atoms with van der Waals surface area (Å²) in [7, 11) is 0. The number of aromatic amines is 1. The zero-order valence-electron chi connectivity index (χ0n) is 10.5. The normalized spacial score (nSPS) is 10.3. The molecule has 2 rings (SSSR count). The van der Waals surface area contributed by atoms with Crippen LogP contribution in [0.2, 0.25) is 5.02 Å². The Morgan fingerprint density at radius 3 is 2.65 bits per heavy atom. The van der Waals surface area contributed by atoms with Gasteiger partial charge in [0.1, 0.15) is 10.8 Å². The Balaban J connectivity index is 1.90. The molecular formula is C14H12ClFN2O2. The number of amides is 1. The number of rotatable bonds is 4. The molecule has 0 saturated carbocycles. The van der Waals surface area contributed by atoms with Crippen molar-refractivity contribution in [2.45, 2.75) is 6.42 Å². The fourth-order valence-electron chi connectivity index (χ4n) is 1.66. The number of carbonyl (C=O) groups excluding carboxylic acids is 1. The van der Waals surface area contributed by atoms with Gasteiger partial charge in [-0.15, -0.1) is 0 Å². The molecule has 0 fully saturated rings. The molecule has 1 amide bonds. The molecular weight excluding hydrogens is 283 g/mol. The molecule has 0 saturated heterocycles. The standard InChI is InChI=1S/C14H12ClFN2O2/c15-12-7-10(8-18-14(12)20)13(19)17-6-5-9-1-3-11(16)4-2-9/h1-4,7-8H,5-6H2,(H,17,19)(H,18,20). The highest BCUT2D eigenvalue weighted by Crippen LogP contribution is 2.05. The van der Waals surface area contributed by atoms with Gasteiger partial charge < -0.3 is 10.3 Å². The van der Waals surface area contributed by atoms with Crippen LogP contribution in [0, 0.1) is 5.82 Å². The van der Waals surface area contributed by atoms with Crippen molar-refractivity contribution in [2.75, 3.05) is 6.54 Å². The zero-order chi connectivity index (χ0) is 14.5. The van der Waals surface area contributed by atoms with Crippen molar-refractivity contribution in [1.82, 2.24) is 10.3 Å². The molecule has 1 aromatic heterocycles. The lowest BCUT2D eigenvalue weighted by Gasteiger charge is -2.05. The Bertz CT molecular complexity index is 668. The van der Waals surface area contributed by atoms with Crippen molar-refractivity contribution in [3.8, 4) is 0 Å².